The van der Waals surface area contributed by atoms with Gasteiger partial charge in [0.1, 0.15) is 0 Å². The zero-order valence-corrected chi connectivity index (χ0v) is 18.1. The van der Waals surface area contributed by atoms with Crippen LogP contribution in [0, 0.1) is 0 Å². The van der Waals surface area contributed by atoms with E-state index >= 15 is 0 Å². The molecule has 29 heavy (non-hydrogen) atoms. The molecule has 2 N–H and O–H groups in total. The van der Waals surface area contributed by atoms with E-state index in [9.17, 15) is 4.79 Å². The minimum Gasteiger partial charge on any atom is -0.339 e. The van der Waals surface area contributed by atoms with Crippen LogP contribution in [0.5, 0.6) is 0 Å². The number of ketones is 1. The van der Waals surface area contributed by atoms with Gasteiger partial charge < -0.3 is 10.7 Å². The van der Waals surface area contributed by atoms with Crippen molar-refractivity contribution in [2.75, 3.05) is 18.9 Å². The Bertz CT molecular complexity index is 1070. The number of carbonyl (C=O) groups excluding carboxylic acids is 1. The molecule has 2 aromatic carbocycles. The second-order valence-electron chi connectivity index (χ2n) is 8.44. The molecular weight excluding hydrogens is 426 g/mol. The summed E-state index contributed by atoms with van der Waals surface area (Å²) in [6, 6.07) is 14.2. The Morgan fingerprint density at radius 2 is 1.93 bits per heavy atom. The van der Waals surface area contributed by atoms with Crippen LogP contribution in [0.4, 0.5) is 0 Å². The molecule has 2 aliphatic rings. The number of piperidine rings is 2. The normalized spacial score (nSPS) is 22.5. The molecule has 1 aromatic heterocycles. The Balaban J connectivity index is 1.51. The van der Waals surface area contributed by atoms with Gasteiger partial charge in [0, 0.05) is 33.2 Å². The van der Waals surface area contributed by atoms with Crippen LogP contribution in [0.1, 0.15) is 59.5 Å². The second-order valence-corrected chi connectivity index (χ2v) is 9.29. The highest BCUT2D eigenvalue weighted by molar-refractivity contribution is 9.10. The van der Waals surface area contributed by atoms with Crippen LogP contribution in [0.25, 0.3) is 10.9 Å². The molecule has 5 rings (SSSR count). The van der Waals surface area contributed by atoms with Gasteiger partial charge in [0.15, 0.2) is 5.78 Å². The number of rotatable bonds is 3. The van der Waals surface area contributed by atoms with Crippen molar-refractivity contribution in [3.63, 3.8) is 0 Å². The maximum Gasteiger partial charge on any atom is 0.194 e. The van der Waals surface area contributed by atoms with E-state index in [-0.39, 0.29) is 5.78 Å². The zero-order valence-electron chi connectivity index (χ0n) is 16.5. The van der Waals surface area contributed by atoms with Crippen molar-refractivity contribution in [2.45, 2.75) is 44.1 Å². The molecule has 0 radical (unpaired) electrons. The quantitative estimate of drug-likeness (QED) is 0.446. The van der Waals surface area contributed by atoms with E-state index < -0.39 is 0 Å². The first-order chi connectivity index (χ1) is 14.1. The summed E-state index contributed by atoms with van der Waals surface area (Å²) in [4.78, 5) is 15.8. The Labute approximate surface area is 179 Å². The zero-order chi connectivity index (χ0) is 20.0. The lowest BCUT2D eigenvalue weighted by Crippen LogP contribution is -2.44. The van der Waals surface area contributed by atoms with Gasteiger partial charge in [-0.1, -0.05) is 34.5 Å². The van der Waals surface area contributed by atoms with Gasteiger partial charge >= 0.3 is 0 Å². The second kappa shape index (κ2) is 7.62. The highest BCUT2D eigenvalue weighted by Crippen LogP contribution is 2.39. The van der Waals surface area contributed by atoms with Crippen LogP contribution in [0.3, 0.4) is 0 Å². The van der Waals surface area contributed by atoms with Crippen molar-refractivity contribution in [1.29, 1.82) is 0 Å². The van der Waals surface area contributed by atoms with Gasteiger partial charge in [-0.05, 0) is 80.6 Å². The highest BCUT2D eigenvalue weighted by Gasteiger charge is 2.32. The average molecular weight is 452 g/mol. The lowest BCUT2D eigenvalue weighted by molar-refractivity contribution is 0.0977. The van der Waals surface area contributed by atoms with Gasteiger partial charge in [0.25, 0.3) is 0 Å². The van der Waals surface area contributed by atoms with Gasteiger partial charge in [-0.15, -0.1) is 0 Å². The first kappa shape index (κ1) is 18.9. The summed E-state index contributed by atoms with van der Waals surface area (Å²) < 4.78 is 2.55. The van der Waals surface area contributed by atoms with Crippen LogP contribution in [-0.2, 0) is 0 Å². The molecule has 0 amide bonds. The highest BCUT2D eigenvalue weighted by atomic mass is 79.9. The van der Waals surface area contributed by atoms with E-state index in [2.05, 4.69) is 27.0 Å². The molecule has 5 heteroatoms. The van der Waals surface area contributed by atoms with Crippen molar-refractivity contribution in [3.05, 3.63) is 69.8 Å². The average Bonchev–Trinajstić information content (AvgIpc) is 3.09. The molecular formula is C24H26BrN3O. The van der Waals surface area contributed by atoms with Gasteiger partial charge in [-0.25, -0.2) is 0 Å². The fourth-order valence-electron chi connectivity index (χ4n) is 5.22. The fourth-order valence-corrected chi connectivity index (χ4v) is 5.69. The van der Waals surface area contributed by atoms with Crippen LogP contribution in [-0.4, -0.2) is 34.5 Å². The Morgan fingerprint density at radius 3 is 2.79 bits per heavy atom. The minimum atomic E-state index is 0.0391. The Hall–Kier alpha value is -2.11. The van der Waals surface area contributed by atoms with Crippen LogP contribution in [0.2, 0.25) is 0 Å². The third kappa shape index (κ3) is 3.40. The SMILES string of the molecule is Nn1cc(C2CCN3CCCCC3C2)c2cc(C(=O)c3ccccc3Br)ccc21. The molecule has 0 spiro atoms. The molecule has 2 atom stereocenters. The summed E-state index contributed by atoms with van der Waals surface area (Å²) in [5, 5.41) is 1.12. The van der Waals surface area contributed by atoms with Crippen molar-refractivity contribution in [3.8, 4) is 0 Å². The topological polar surface area (TPSA) is 51.3 Å². The number of fused-ring (bicyclic) bond motifs is 2. The predicted octanol–water partition coefficient (Wildman–Crippen LogP) is 5.08. The van der Waals surface area contributed by atoms with Crippen molar-refractivity contribution < 1.29 is 4.79 Å². The molecule has 2 saturated heterocycles. The molecule has 0 bridgehead atoms. The molecule has 3 heterocycles. The molecule has 2 unspecified atom stereocenters. The summed E-state index contributed by atoms with van der Waals surface area (Å²) in [5.74, 6) is 6.84. The van der Waals surface area contributed by atoms with Gasteiger partial charge in [0.05, 0.1) is 5.52 Å². The van der Waals surface area contributed by atoms with E-state index in [0.717, 1.165) is 21.8 Å². The third-order valence-electron chi connectivity index (χ3n) is 6.75. The standard InChI is InChI=1S/C24H26BrN3O/c25-22-7-2-1-6-19(22)24(29)17-8-9-23-20(14-17)21(15-28(23)26)16-10-12-27-11-4-3-5-18(27)13-16/h1-2,6-9,14-16,18H,3-5,10-13,26H2. The van der Waals surface area contributed by atoms with E-state index in [4.69, 9.17) is 5.84 Å². The van der Waals surface area contributed by atoms with Gasteiger partial charge in [-0.2, -0.15) is 0 Å². The molecule has 150 valence electrons. The maximum atomic E-state index is 13.1. The first-order valence-electron chi connectivity index (χ1n) is 10.5. The smallest absolute Gasteiger partial charge is 0.194 e. The number of nitrogens with zero attached hydrogens (tertiary/aromatic N) is 2. The van der Waals surface area contributed by atoms with Crippen LogP contribution >= 0.6 is 15.9 Å². The molecule has 4 nitrogen and oxygen atoms in total. The van der Waals surface area contributed by atoms with Crippen molar-refractivity contribution in [2.24, 2.45) is 0 Å². The summed E-state index contributed by atoms with van der Waals surface area (Å²) in [5.41, 5.74) is 3.70. The summed E-state index contributed by atoms with van der Waals surface area (Å²) in [7, 11) is 0. The third-order valence-corrected chi connectivity index (χ3v) is 7.45. The number of carbonyl (C=O) groups is 1. The molecule has 2 fully saturated rings. The first-order valence-corrected chi connectivity index (χ1v) is 11.3. The lowest BCUT2D eigenvalue weighted by Gasteiger charge is -2.42. The molecule has 0 aliphatic carbocycles. The number of nitrogens with two attached hydrogens (primary N) is 1. The monoisotopic (exact) mass is 451 g/mol. The summed E-state index contributed by atoms with van der Waals surface area (Å²) in [6.45, 7) is 2.42. The number of benzene rings is 2. The van der Waals surface area contributed by atoms with Gasteiger partial charge in [0.2, 0.25) is 0 Å². The van der Waals surface area contributed by atoms with E-state index in [1.54, 1.807) is 4.68 Å². The molecule has 0 saturated carbocycles. The van der Waals surface area contributed by atoms with Crippen molar-refractivity contribution >= 4 is 32.6 Å². The van der Waals surface area contributed by atoms with E-state index in [1.807, 2.05) is 42.5 Å². The fraction of sp³-hybridized carbons (Fsp3) is 0.375. The number of aromatic nitrogens is 1. The maximum absolute atomic E-state index is 13.1. The predicted molar refractivity (Wildman–Crippen MR) is 121 cm³/mol. The van der Waals surface area contributed by atoms with Crippen LogP contribution in [0.15, 0.2) is 53.1 Å². The number of nitrogen functional groups attached to an aromatic ring is 1. The molecule has 2 aliphatic heterocycles. The number of hydrogen-bond donors (Lipinski definition) is 1. The largest absolute Gasteiger partial charge is 0.339 e. The Kier molecular flexibility index (Phi) is 4.96. The van der Waals surface area contributed by atoms with E-state index in [1.165, 1.54) is 44.3 Å². The van der Waals surface area contributed by atoms with Gasteiger partial charge in [-0.3, -0.25) is 9.47 Å². The molecule has 3 aromatic rings. The summed E-state index contributed by atoms with van der Waals surface area (Å²) in [6.07, 6.45) is 8.44. The van der Waals surface area contributed by atoms with E-state index in [0.29, 0.717) is 23.1 Å². The number of halogens is 1. The summed E-state index contributed by atoms with van der Waals surface area (Å²) >= 11 is 3.51. The Morgan fingerprint density at radius 1 is 1.07 bits per heavy atom. The lowest BCUT2D eigenvalue weighted by atomic mass is 9.82. The van der Waals surface area contributed by atoms with Crippen LogP contribution < -0.4 is 5.84 Å². The number of hydrogen-bond acceptors (Lipinski definition) is 3. The van der Waals surface area contributed by atoms with Crippen molar-refractivity contribution in [1.82, 2.24) is 9.58 Å². The minimum absolute atomic E-state index is 0.0391.